The molecule has 0 aromatic carbocycles. The summed E-state index contributed by atoms with van der Waals surface area (Å²) in [5.41, 5.74) is 0.288. The molecule has 2 amide bonds. The molecule has 5 nitrogen and oxygen atoms in total. The number of anilines is 1. The average Bonchev–Trinajstić information content (AvgIpc) is 2.40. The van der Waals surface area contributed by atoms with E-state index in [1.165, 1.54) is 0 Å². The summed E-state index contributed by atoms with van der Waals surface area (Å²) in [6.45, 7) is 11.8. The fourth-order valence-corrected chi connectivity index (χ4v) is 2.51. The first-order valence-electron chi connectivity index (χ1n) is 7.61. The largest absolute Gasteiger partial charge is 0.356 e. The predicted molar refractivity (Wildman–Crippen MR) is 88.5 cm³/mol. The predicted octanol–water partition coefficient (Wildman–Crippen LogP) is 2.91. The summed E-state index contributed by atoms with van der Waals surface area (Å²) in [5, 5.41) is 5.69. The van der Waals surface area contributed by atoms with E-state index in [4.69, 9.17) is 0 Å². The van der Waals surface area contributed by atoms with Gasteiger partial charge in [-0.2, -0.15) is 0 Å². The number of hydrogen-bond acceptors (Lipinski definition) is 3. The molecule has 1 aromatic heterocycles. The van der Waals surface area contributed by atoms with Gasteiger partial charge < -0.3 is 10.6 Å². The highest BCUT2D eigenvalue weighted by Gasteiger charge is 2.38. The summed E-state index contributed by atoms with van der Waals surface area (Å²) in [6.07, 6.45) is 2.09. The number of nitrogens with one attached hydrogen (secondary N) is 2. The Morgan fingerprint density at radius 1 is 1.09 bits per heavy atom. The topological polar surface area (TPSA) is 71.1 Å². The number of carbonyl (C=O) groups excluding carboxylic acids is 2. The smallest absolute Gasteiger partial charge is 0.230 e. The van der Waals surface area contributed by atoms with Crippen LogP contribution in [0.2, 0.25) is 0 Å². The molecule has 122 valence electrons. The number of aromatic nitrogens is 1. The molecule has 0 aliphatic rings. The molecule has 0 spiro atoms. The summed E-state index contributed by atoms with van der Waals surface area (Å²) < 4.78 is 0. The second-order valence-corrected chi connectivity index (χ2v) is 6.95. The highest BCUT2D eigenvalue weighted by atomic mass is 16.2. The fourth-order valence-electron chi connectivity index (χ4n) is 2.51. The first-order valence-corrected chi connectivity index (χ1v) is 7.61. The van der Waals surface area contributed by atoms with Crippen LogP contribution in [-0.2, 0) is 9.59 Å². The van der Waals surface area contributed by atoms with Gasteiger partial charge in [0.2, 0.25) is 11.8 Å². The summed E-state index contributed by atoms with van der Waals surface area (Å²) in [5.74, 6) is -0.150. The van der Waals surface area contributed by atoms with E-state index in [1.807, 2.05) is 53.7 Å². The van der Waals surface area contributed by atoms with Crippen LogP contribution in [0.15, 0.2) is 18.3 Å². The zero-order chi connectivity index (χ0) is 17.0. The van der Waals surface area contributed by atoms with Crippen molar-refractivity contribution in [2.45, 2.75) is 48.0 Å². The molecule has 0 bridgehead atoms. The molecule has 0 radical (unpaired) electrons. The number of pyridine rings is 1. The van der Waals surface area contributed by atoms with Gasteiger partial charge in [0.1, 0.15) is 0 Å². The number of aryl methyl sites for hydroxylation is 1. The summed E-state index contributed by atoms with van der Waals surface area (Å²) >= 11 is 0. The molecule has 2 N–H and O–H groups in total. The van der Waals surface area contributed by atoms with Gasteiger partial charge in [-0.3, -0.25) is 14.6 Å². The molecular formula is C17H27N3O2. The molecule has 0 aliphatic carbocycles. The third kappa shape index (κ3) is 4.83. The van der Waals surface area contributed by atoms with E-state index in [0.29, 0.717) is 18.7 Å². The van der Waals surface area contributed by atoms with Crippen molar-refractivity contribution in [2.75, 3.05) is 11.9 Å². The minimum Gasteiger partial charge on any atom is -0.356 e. The van der Waals surface area contributed by atoms with E-state index in [2.05, 4.69) is 15.6 Å². The van der Waals surface area contributed by atoms with Gasteiger partial charge >= 0.3 is 0 Å². The zero-order valence-electron chi connectivity index (χ0n) is 14.4. The van der Waals surface area contributed by atoms with Gasteiger partial charge in [-0.25, -0.2) is 0 Å². The van der Waals surface area contributed by atoms with Crippen molar-refractivity contribution in [3.8, 4) is 0 Å². The second kappa shape index (κ2) is 6.90. The van der Waals surface area contributed by atoms with Crippen molar-refractivity contribution in [1.82, 2.24) is 10.3 Å². The molecule has 1 rings (SSSR count). The van der Waals surface area contributed by atoms with Crippen molar-refractivity contribution < 1.29 is 9.59 Å². The van der Waals surface area contributed by atoms with Crippen LogP contribution in [-0.4, -0.2) is 23.3 Å². The first kappa shape index (κ1) is 18.1. The molecular weight excluding hydrogens is 278 g/mol. The van der Waals surface area contributed by atoms with Gasteiger partial charge in [0.25, 0.3) is 0 Å². The third-order valence-electron chi connectivity index (χ3n) is 3.62. The van der Waals surface area contributed by atoms with Crippen LogP contribution < -0.4 is 10.6 Å². The maximum absolute atomic E-state index is 12.5. The Morgan fingerprint density at radius 3 is 2.18 bits per heavy atom. The SMILES string of the molecule is CCNC(=O)C(C)(C)CC(C)(C)C(=O)Nc1ccc(C)nc1. The van der Waals surface area contributed by atoms with Gasteiger partial charge in [0.05, 0.1) is 11.9 Å². The summed E-state index contributed by atoms with van der Waals surface area (Å²) in [4.78, 5) is 28.8. The van der Waals surface area contributed by atoms with Crippen LogP contribution in [0.25, 0.3) is 0 Å². The van der Waals surface area contributed by atoms with Crippen LogP contribution in [0.4, 0.5) is 5.69 Å². The Morgan fingerprint density at radius 2 is 1.68 bits per heavy atom. The Labute approximate surface area is 132 Å². The molecule has 0 fully saturated rings. The van der Waals surface area contributed by atoms with E-state index in [1.54, 1.807) is 6.20 Å². The van der Waals surface area contributed by atoms with Crippen molar-refractivity contribution in [1.29, 1.82) is 0 Å². The lowest BCUT2D eigenvalue weighted by Crippen LogP contribution is -2.43. The standard InChI is InChI=1S/C17H27N3O2/c1-7-18-14(21)16(3,4)11-17(5,6)15(22)20-13-9-8-12(2)19-10-13/h8-10H,7,11H2,1-6H3,(H,18,21)(H,20,22). The van der Waals surface area contributed by atoms with Crippen molar-refractivity contribution in [2.24, 2.45) is 10.8 Å². The molecule has 0 atom stereocenters. The Hall–Kier alpha value is -1.91. The minimum atomic E-state index is -0.667. The number of carbonyl (C=O) groups is 2. The molecule has 0 unspecified atom stereocenters. The van der Waals surface area contributed by atoms with E-state index >= 15 is 0 Å². The van der Waals surface area contributed by atoms with Crippen molar-refractivity contribution >= 4 is 17.5 Å². The summed E-state index contributed by atoms with van der Waals surface area (Å²) in [6, 6.07) is 3.67. The molecule has 0 saturated carbocycles. The fraction of sp³-hybridized carbons (Fsp3) is 0.588. The van der Waals surface area contributed by atoms with Crippen molar-refractivity contribution in [3.63, 3.8) is 0 Å². The second-order valence-electron chi connectivity index (χ2n) is 6.95. The van der Waals surface area contributed by atoms with E-state index in [9.17, 15) is 9.59 Å². The maximum atomic E-state index is 12.5. The highest BCUT2D eigenvalue weighted by molar-refractivity contribution is 5.95. The lowest BCUT2D eigenvalue weighted by atomic mass is 9.74. The van der Waals surface area contributed by atoms with Gasteiger partial charge in [-0.15, -0.1) is 0 Å². The Balaban J connectivity index is 2.77. The van der Waals surface area contributed by atoms with E-state index in [-0.39, 0.29) is 11.8 Å². The van der Waals surface area contributed by atoms with Crippen LogP contribution >= 0.6 is 0 Å². The zero-order valence-corrected chi connectivity index (χ0v) is 14.4. The van der Waals surface area contributed by atoms with Crippen LogP contribution in [0.5, 0.6) is 0 Å². The number of rotatable bonds is 6. The van der Waals surface area contributed by atoms with Gasteiger partial charge in [-0.05, 0) is 32.4 Å². The van der Waals surface area contributed by atoms with Crippen molar-refractivity contribution in [3.05, 3.63) is 24.0 Å². The maximum Gasteiger partial charge on any atom is 0.230 e. The molecule has 1 aromatic rings. The van der Waals surface area contributed by atoms with Gasteiger partial charge in [0.15, 0.2) is 0 Å². The Bertz CT molecular complexity index is 533. The average molecular weight is 305 g/mol. The third-order valence-corrected chi connectivity index (χ3v) is 3.62. The monoisotopic (exact) mass is 305 g/mol. The van der Waals surface area contributed by atoms with E-state index < -0.39 is 10.8 Å². The molecule has 0 aliphatic heterocycles. The van der Waals surface area contributed by atoms with Crippen LogP contribution in [0.3, 0.4) is 0 Å². The number of hydrogen-bond donors (Lipinski definition) is 2. The Kier molecular flexibility index (Phi) is 5.69. The van der Waals surface area contributed by atoms with Gasteiger partial charge in [0, 0.05) is 23.1 Å². The quantitative estimate of drug-likeness (QED) is 0.849. The number of nitrogens with zero attached hydrogens (tertiary/aromatic N) is 1. The number of amides is 2. The minimum absolute atomic E-state index is 0.0344. The molecule has 22 heavy (non-hydrogen) atoms. The summed E-state index contributed by atoms with van der Waals surface area (Å²) in [7, 11) is 0. The van der Waals surface area contributed by atoms with Gasteiger partial charge in [-0.1, -0.05) is 27.7 Å². The molecule has 0 saturated heterocycles. The molecule has 5 heteroatoms. The normalized spacial score (nSPS) is 11.9. The first-order chi connectivity index (χ1) is 10.1. The lowest BCUT2D eigenvalue weighted by molar-refractivity contribution is -0.133. The molecule has 1 heterocycles. The van der Waals surface area contributed by atoms with E-state index in [0.717, 1.165) is 5.69 Å². The van der Waals surface area contributed by atoms with Crippen LogP contribution in [0, 0.1) is 17.8 Å². The van der Waals surface area contributed by atoms with Crippen LogP contribution in [0.1, 0.15) is 46.7 Å². The highest BCUT2D eigenvalue weighted by Crippen LogP contribution is 2.34. The lowest BCUT2D eigenvalue weighted by Gasteiger charge is -2.32.